The zero-order chi connectivity index (χ0) is 8.97. The highest BCUT2D eigenvalue weighted by Crippen LogP contribution is 2.47. The molecule has 0 amide bonds. The fraction of sp³-hybridized carbons (Fsp3) is 1.00. The molecule has 0 bridgehead atoms. The third kappa shape index (κ3) is 3.69. The van der Waals surface area contributed by atoms with Gasteiger partial charge in [0, 0.05) is 17.3 Å². The molecule has 1 aliphatic rings. The molecule has 0 unspecified atom stereocenters. The Kier molecular flexibility index (Phi) is 6.65. The van der Waals surface area contributed by atoms with Crippen LogP contribution in [0.25, 0.3) is 0 Å². The van der Waals surface area contributed by atoms with Gasteiger partial charge in [-0.3, -0.25) is 0 Å². The molecule has 0 nitrogen and oxygen atoms in total. The smallest absolute Gasteiger partial charge is 0.0613 e. The predicted octanol–water partition coefficient (Wildman–Crippen LogP) is 2.97. The first-order valence-corrected chi connectivity index (χ1v) is 8.31. The van der Waals surface area contributed by atoms with Crippen LogP contribution in [0.4, 0.5) is 0 Å². The van der Waals surface area contributed by atoms with Crippen molar-refractivity contribution < 1.29 is 0 Å². The summed E-state index contributed by atoms with van der Waals surface area (Å²) in [6, 6.07) is 0. The number of thioether (sulfide) groups is 3. The van der Waals surface area contributed by atoms with E-state index < -0.39 is 0 Å². The molecule has 0 aromatic heterocycles. The average Bonchev–Trinajstić information content (AvgIpc) is 2.16. The Morgan fingerprint density at radius 1 is 0.667 bits per heavy atom. The Labute approximate surface area is 103 Å². The standard InChI is InChI=1S/C6H12S6/c7-1-4-10-5(2-8)12-6(3-9)11-4/h4-9H,1-3H2. The zero-order valence-corrected chi connectivity index (χ0v) is 11.6. The van der Waals surface area contributed by atoms with Crippen LogP contribution >= 0.6 is 73.2 Å². The van der Waals surface area contributed by atoms with Crippen molar-refractivity contribution in [2.45, 2.75) is 13.7 Å². The summed E-state index contributed by atoms with van der Waals surface area (Å²) >= 11 is 18.9. The van der Waals surface area contributed by atoms with Crippen LogP contribution in [0.2, 0.25) is 0 Å². The summed E-state index contributed by atoms with van der Waals surface area (Å²) in [6.07, 6.45) is 0. The van der Waals surface area contributed by atoms with Gasteiger partial charge in [0.2, 0.25) is 0 Å². The number of thiol groups is 3. The van der Waals surface area contributed by atoms with Gasteiger partial charge in [0.1, 0.15) is 0 Å². The first-order chi connectivity index (χ1) is 5.80. The number of rotatable bonds is 3. The Morgan fingerprint density at radius 3 is 1.08 bits per heavy atom. The van der Waals surface area contributed by atoms with E-state index in [9.17, 15) is 0 Å². The Morgan fingerprint density at radius 2 is 0.917 bits per heavy atom. The van der Waals surface area contributed by atoms with Crippen LogP contribution in [0.3, 0.4) is 0 Å². The molecule has 0 aliphatic carbocycles. The van der Waals surface area contributed by atoms with Gasteiger partial charge in [-0.05, 0) is 0 Å². The lowest BCUT2D eigenvalue weighted by molar-refractivity contribution is 1.31. The molecule has 0 saturated carbocycles. The van der Waals surface area contributed by atoms with Crippen molar-refractivity contribution in [1.82, 2.24) is 0 Å². The highest BCUT2D eigenvalue weighted by molar-refractivity contribution is 8.34. The molecule has 0 atom stereocenters. The van der Waals surface area contributed by atoms with E-state index in [1.807, 2.05) is 35.3 Å². The van der Waals surface area contributed by atoms with E-state index in [0.717, 1.165) is 17.3 Å². The number of hydrogen-bond acceptors (Lipinski definition) is 6. The lowest BCUT2D eigenvalue weighted by Gasteiger charge is -2.31. The van der Waals surface area contributed by atoms with Crippen molar-refractivity contribution in [3.63, 3.8) is 0 Å². The maximum atomic E-state index is 4.32. The predicted molar refractivity (Wildman–Crippen MR) is 75.7 cm³/mol. The highest BCUT2D eigenvalue weighted by atomic mass is 32.3. The van der Waals surface area contributed by atoms with Crippen LogP contribution in [-0.4, -0.2) is 31.0 Å². The van der Waals surface area contributed by atoms with Crippen LogP contribution < -0.4 is 0 Å². The van der Waals surface area contributed by atoms with E-state index in [2.05, 4.69) is 37.9 Å². The minimum atomic E-state index is 0.629. The van der Waals surface area contributed by atoms with Crippen molar-refractivity contribution >= 4 is 73.2 Å². The second-order valence-electron chi connectivity index (χ2n) is 2.24. The van der Waals surface area contributed by atoms with Gasteiger partial charge >= 0.3 is 0 Å². The molecule has 1 saturated heterocycles. The van der Waals surface area contributed by atoms with Gasteiger partial charge in [0.25, 0.3) is 0 Å². The topological polar surface area (TPSA) is 0 Å². The van der Waals surface area contributed by atoms with Gasteiger partial charge in [0.05, 0.1) is 13.7 Å². The molecule has 1 fully saturated rings. The molecule has 0 N–H and O–H groups in total. The summed E-state index contributed by atoms with van der Waals surface area (Å²) < 4.78 is 1.89. The minimum Gasteiger partial charge on any atom is -0.177 e. The molecule has 12 heavy (non-hydrogen) atoms. The van der Waals surface area contributed by atoms with Crippen LogP contribution in [-0.2, 0) is 0 Å². The summed E-state index contributed by atoms with van der Waals surface area (Å²) in [4.78, 5) is 0. The van der Waals surface area contributed by atoms with Gasteiger partial charge in [-0.2, -0.15) is 37.9 Å². The fourth-order valence-electron chi connectivity index (χ4n) is 0.862. The minimum absolute atomic E-state index is 0.629. The monoisotopic (exact) mass is 276 g/mol. The van der Waals surface area contributed by atoms with Crippen molar-refractivity contribution in [2.24, 2.45) is 0 Å². The quantitative estimate of drug-likeness (QED) is 0.679. The summed E-state index contributed by atoms with van der Waals surface area (Å²) in [7, 11) is 0. The third-order valence-corrected chi connectivity index (χ3v) is 8.76. The maximum absolute atomic E-state index is 4.32. The second-order valence-corrected chi connectivity index (χ2v) is 8.47. The summed E-state index contributed by atoms with van der Waals surface area (Å²) in [5.41, 5.74) is 0. The molecule has 1 rings (SSSR count). The molecular weight excluding hydrogens is 264 g/mol. The van der Waals surface area contributed by atoms with Crippen LogP contribution in [0.1, 0.15) is 0 Å². The molecule has 1 aliphatic heterocycles. The molecule has 0 spiro atoms. The Bertz CT molecular complexity index is 99.4. The van der Waals surface area contributed by atoms with Gasteiger partial charge in [0.15, 0.2) is 0 Å². The Balaban J connectivity index is 2.41. The maximum Gasteiger partial charge on any atom is 0.0613 e. The molecule has 6 heteroatoms. The van der Waals surface area contributed by atoms with Crippen molar-refractivity contribution in [3.8, 4) is 0 Å². The SMILES string of the molecule is SCC1SC(CS)SC(CS)S1. The zero-order valence-electron chi connectivity index (χ0n) is 6.42. The first-order valence-electron chi connectivity index (χ1n) is 3.59. The molecular formula is C6H12S6. The van der Waals surface area contributed by atoms with Crippen LogP contribution in [0.5, 0.6) is 0 Å². The van der Waals surface area contributed by atoms with E-state index in [1.54, 1.807) is 0 Å². The molecule has 72 valence electrons. The Hall–Kier alpha value is 2.10. The first kappa shape index (κ1) is 12.2. The molecule has 0 radical (unpaired) electrons. The van der Waals surface area contributed by atoms with E-state index >= 15 is 0 Å². The fourth-order valence-corrected chi connectivity index (χ4v) is 7.76. The second kappa shape index (κ2) is 6.56. The van der Waals surface area contributed by atoms with Gasteiger partial charge < -0.3 is 0 Å². The molecule has 0 aromatic carbocycles. The van der Waals surface area contributed by atoms with E-state index in [-0.39, 0.29) is 0 Å². The van der Waals surface area contributed by atoms with Crippen LogP contribution in [0.15, 0.2) is 0 Å². The number of hydrogen-bond donors (Lipinski definition) is 3. The van der Waals surface area contributed by atoms with Gasteiger partial charge in [-0.25, -0.2) is 0 Å². The lowest BCUT2D eigenvalue weighted by atomic mass is 10.9. The third-order valence-electron chi connectivity index (χ3n) is 1.36. The van der Waals surface area contributed by atoms with E-state index in [4.69, 9.17) is 0 Å². The lowest BCUT2D eigenvalue weighted by Crippen LogP contribution is -2.21. The van der Waals surface area contributed by atoms with Crippen molar-refractivity contribution in [3.05, 3.63) is 0 Å². The highest BCUT2D eigenvalue weighted by Gasteiger charge is 2.28. The normalized spacial score (nSPS) is 36.8. The summed E-state index contributed by atoms with van der Waals surface area (Å²) in [5, 5.41) is 0. The molecule has 0 aromatic rings. The molecule has 1 heterocycles. The summed E-state index contributed by atoms with van der Waals surface area (Å²) in [6.45, 7) is 0. The van der Waals surface area contributed by atoms with Gasteiger partial charge in [-0.1, -0.05) is 0 Å². The van der Waals surface area contributed by atoms with Crippen molar-refractivity contribution in [2.75, 3.05) is 17.3 Å². The average molecular weight is 277 g/mol. The van der Waals surface area contributed by atoms with Crippen molar-refractivity contribution in [1.29, 1.82) is 0 Å². The van der Waals surface area contributed by atoms with Crippen LogP contribution in [0, 0.1) is 0 Å². The van der Waals surface area contributed by atoms with E-state index in [0.29, 0.717) is 13.7 Å². The summed E-state index contributed by atoms with van der Waals surface area (Å²) in [5.74, 6) is 2.85. The van der Waals surface area contributed by atoms with Gasteiger partial charge in [-0.15, -0.1) is 35.3 Å². The van der Waals surface area contributed by atoms with E-state index in [1.165, 1.54) is 0 Å². The largest absolute Gasteiger partial charge is 0.177 e.